The molecule has 5 nitrogen and oxygen atoms in total. The van der Waals surface area contributed by atoms with Gasteiger partial charge in [-0.05, 0) is 73.5 Å². The minimum atomic E-state index is 0.0271. The van der Waals surface area contributed by atoms with Gasteiger partial charge in [0.15, 0.2) is 5.78 Å². The van der Waals surface area contributed by atoms with Gasteiger partial charge in [-0.1, -0.05) is 75.0 Å². The van der Waals surface area contributed by atoms with Gasteiger partial charge in [-0.3, -0.25) is 9.79 Å². The summed E-state index contributed by atoms with van der Waals surface area (Å²) in [5.74, 6) is 1.30. The molecule has 0 radical (unpaired) electrons. The lowest BCUT2D eigenvalue weighted by molar-refractivity contribution is -0.113. The largest absolute Gasteiger partial charge is 0.380 e. The zero-order chi connectivity index (χ0) is 30.2. The zero-order valence-electron chi connectivity index (χ0n) is 26.2. The number of ether oxygens (including phenoxy) is 1. The molecular formula is C37H47N3O2. The van der Waals surface area contributed by atoms with Crippen molar-refractivity contribution in [1.29, 1.82) is 0 Å². The van der Waals surface area contributed by atoms with E-state index in [9.17, 15) is 4.79 Å². The Morgan fingerprint density at radius 2 is 2.07 bits per heavy atom. The number of carbonyl (C=O) groups excluding carboxylic acids is 1. The quantitative estimate of drug-likeness (QED) is 0.164. The van der Waals surface area contributed by atoms with E-state index in [1.165, 1.54) is 5.70 Å². The Bertz CT molecular complexity index is 1370. The lowest BCUT2D eigenvalue weighted by Crippen LogP contribution is -2.26. The second-order valence-electron chi connectivity index (χ2n) is 12.0. The first-order valence-corrected chi connectivity index (χ1v) is 15.3. The fourth-order valence-corrected chi connectivity index (χ4v) is 5.89. The van der Waals surface area contributed by atoms with Crippen molar-refractivity contribution in [3.8, 4) is 0 Å². The zero-order valence-corrected chi connectivity index (χ0v) is 26.2. The first-order valence-electron chi connectivity index (χ1n) is 15.3. The summed E-state index contributed by atoms with van der Waals surface area (Å²) in [5, 5.41) is 0. The third-order valence-electron chi connectivity index (χ3n) is 8.40. The molecule has 3 heterocycles. The third kappa shape index (κ3) is 8.04. The molecule has 2 fully saturated rings. The second kappa shape index (κ2) is 14.6. The molecule has 0 aromatic heterocycles. The smallest absolute Gasteiger partial charge is 0.162 e. The van der Waals surface area contributed by atoms with Crippen LogP contribution in [0.15, 0.2) is 117 Å². The monoisotopic (exact) mass is 565 g/mol. The number of carbonyl (C=O) groups is 1. The predicted octanol–water partition coefficient (Wildman–Crippen LogP) is 7.70. The molecule has 222 valence electrons. The Labute approximate surface area is 252 Å². The summed E-state index contributed by atoms with van der Waals surface area (Å²) < 4.78 is 5.38. The van der Waals surface area contributed by atoms with Crippen LogP contribution in [0, 0.1) is 17.8 Å². The molecule has 4 aliphatic rings. The number of nitrogens with zero attached hydrogens (tertiary/aromatic N) is 3. The van der Waals surface area contributed by atoms with Crippen molar-refractivity contribution in [2.24, 2.45) is 27.7 Å². The van der Waals surface area contributed by atoms with Crippen molar-refractivity contribution in [3.63, 3.8) is 0 Å². The maximum Gasteiger partial charge on any atom is 0.162 e. The number of hydrogen-bond donors (Lipinski definition) is 0. The highest BCUT2D eigenvalue weighted by Gasteiger charge is 2.24. The summed E-state index contributed by atoms with van der Waals surface area (Å²) in [7, 11) is 1.75. The molecule has 0 aromatic carbocycles. The molecule has 0 bridgehead atoms. The van der Waals surface area contributed by atoms with E-state index in [-0.39, 0.29) is 11.7 Å². The third-order valence-corrected chi connectivity index (χ3v) is 8.40. The SMILES string of the molecule is C=C/C(C)=C\C(C)/C(=C\C(=N/C)C1=CC(=O)CC2=CC=C(N3CC/C(=C\C4COC4)C[C@H](C)C3)C=CC2=N1)C(=C)CC. The van der Waals surface area contributed by atoms with Crippen molar-refractivity contribution < 1.29 is 9.53 Å². The van der Waals surface area contributed by atoms with E-state index in [0.29, 0.717) is 29.7 Å². The van der Waals surface area contributed by atoms with Gasteiger partial charge in [-0.25, -0.2) is 4.99 Å². The normalized spacial score (nSPS) is 24.4. The molecule has 0 saturated carbocycles. The molecule has 2 saturated heterocycles. The van der Waals surface area contributed by atoms with Crippen LogP contribution in [0.5, 0.6) is 0 Å². The Morgan fingerprint density at radius 3 is 2.74 bits per heavy atom. The highest BCUT2D eigenvalue weighted by molar-refractivity contribution is 6.20. The summed E-state index contributed by atoms with van der Waals surface area (Å²) in [5.41, 5.74) is 8.97. The van der Waals surface area contributed by atoms with E-state index in [1.807, 2.05) is 19.1 Å². The van der Waals surface area contributed by atoms with Gasteiger partial charge >= 0.3 is 0 Å². The fourth-order valence-electron chi connectivity index (χ4n) is 5.89. The first kappa shape index (κ1) is 31.4. The van der Waals surface area contributed by atoms with Crippen LogP contribution in [0.3, 0.4) is 0 Å². The van der Waals surface area contributed by atoms with Gasteiger partial charge in [-0.2, -0.15) is 0 Å². The standard InChI is InChI=1S/C37H47N3O2/c1-8-25(3)16-28(6)34(27(5)9-2)21-36(38-7)37-20-33(41)19-31-10-11-32(12-13-35(31)39-37)40-15-14-29(17-26(4)22-40)18-30-23-42-24-30/h8,10-13,16,18,20-21,26,28,30H,1,5,9,14-15,17,19,22-24H2,2-4,6-7H3/b25-16-,29-18+,34-21-,38-36+/t26-,28?/m0/s1. The molecule has 0 amide bonds. The van der Waals surface area contributed by atoms with Crippen LogP contribution < -0.4 is 0 Å². The fraction of sp³-hybridized carbons (Fsp3) is 0.432. The van der Waals surface area contributed by atoms with Crippen LogP contribution in [-0.4, -0.2) is 55.5 Å². The number of likely N-dealkylation sites (tertiary alicyclic amines) is 1. The van der Waals surface area contributed by atoms with E-state index in [4.69, 9.17) is 9.73 Å². The van der Waals surface area contributed by atoms with Gasteiger partial charge in [0.05, 0.1) is 30.3 Å². The number of ketones is 1. The molecule has 3 aliphatic heterocycles. The van der Waals surface area contributed by atoms with E-state index < -0.39 is 0 Å². The summed E-state index contributed by atoms with van der Waals surface area (Å²) in [4.78, 5) is 25.2. The summed E-state index contributed by atoms with van der Waals surface area (Å²) in [6.07, 6.45) is 22.0. The number of allylic oxidation sites excluding steroid dienone is 12. The Balaban J connectivity index is 1.60. The predicted molar refractivity (Wildman–Crippen MR) is 177 cm³/mol. The van der Waals surface area contributed by atoms with Crippen molar-refractivity contribution >= 4 is 17.2 Å². The maximum atomic E-state index is 13.1. The summed E-state index contributed by atoms with van der Waals surface area (Å²) >= 11 is 0. The minimum absolute atomic E-state index is 0.0271. The molecule has 2 atom stereocenters. The van der Waals surface area contributed by atoms with Crippen LogP contribution in [0.1, 0.15) is 53.4 Å². The van der Waals surface area contributed by atoms with Crippen LogP contribution in [0.4, 0.5) is 0 Å². The Kier molecular flexibility index (Phi) is 10.9. The van der Waals surface area contributed by atoms with Gasteiger partial charge in [-0.15, -0.1) is 0 Å². The highest BCUT2D eigenvalue weighted by Crippen LogP contribution is 2.29. The van der Waals surface area contributed by atoms with Crippen molar-refractivity contribution in [3.05, 3.63) is 107 Å². The van der Waals surface area contributed by atoms with Gasteiger partial charge in [0, 0.05) is 44.2 Å². The van der Waals surface area contributed by atoms with E-state index in [2.05, 4.69) is 80.3 Å². The first-order chi connectivity index (χ1) is 20.2. The highest BCUT2D eigenvalue weighted by atomic mass is 16.5. The lowest BCUT2D eigenvalue weighted by atomic mass is 9.90. The average Bonchev–Trinajstić information content (AvgIpc) is 3.32. The number of fused-ring (bicyclic) bond motifs is 1. The Morgan fingerprint density at radius 1 is 1.29 bits per heavy atom. The molecule has 0 N–H and O–H groups in total. The molecule has 4 rings (SSSR count). The molecule has 0 aromatic rings. The second-order valence-corrected chi connectivity index (χ2v) is 12.0. The summed E-state index contributed by atoms with van der Waals surface area (Å²) in [6.45, 7) is 20.6. The molecule has 0 spiro atoms. The molecule has 1 unspecified atom stereocenters. The molecular weight excluding hydrogens is 518 g/mol. The van der Waals surface area contributed by atoms with Crippen LogP contribution in [0.2, 0.25) is 0 Å². The number of aliphatic imine (C=N–C) groups is 2. The van der Waals surface area contributed by atoms with E-state index >= 15 is 0 Å². The van der Waals surface area contributed by atoms with Crippen molar-refractivity contribution in [1.82, 2.24) is 4.90 Å². The Hall–Kier alpha value is -3.57. The maximum absolute atomic E-state index is 13.1. The molecule has 42 heavy (non-hydrogen) atoms. The van der Waals surface area contributed by atoms with E-state index in [0.717, 1.165) is 73.6 Å². The van der Waals surface area contributed by atoms with Crippen LogP contribution in [0.25, 0.3) is 0 Å². The van der Waals surface area contributed by atoms with Crippen LogP contribution in [-0.2, 0) is 9.53 Å². The lowest BCUT2D eigenvalue weighted by Gasteiger charge is -2.25. The van der Waals surface area contributed by atoms with Crippen molar-refractivity contribution in [2.45, 2.75) is 53.4 Å². The van der Waals surface area contributed by atoms with E-state index in [1.54, 1.807) is 18.7 Å². The van der Waals surface area contributed by atoms with Gasteiger partial charge in [0.25, 0.3) is 0 Å². The van der Waals surface area contributed by atoms with Gasteiger partial charge in [0.2, 0.25) is 0 Å². The van der Waals surface area contributed by atoms with Gasteiger partial charge in [0.1, 0.15) is 0 Å². The topological polar surface area (TPSA) is 54.3 Å². The minimum Gasteiger partial charge on any atom is -0.380 e. The molecule has 5 heteroatoms. The number of hydrogen-bond acceptors (Lipinski definition) is 5. The van der Waals surface area contributed by atoms with Crippen molar-refractivity contribution in [2.75, 3.05) is 33.4 Å². The summed E-state index contributed by atoms with van der Waals surface area (Å²) in [6, 6.07) is 0. The average molecular weight is 566 g/mol. The molecule has 1 aliphatic carbocycles. The van der Waals surface area contributed by atoms with Gasteiger partial charge < -0.3 is 9.64 Å². The number of rotatable bonds is 9. The van der Waals surface area contributed by atoms with Crippen LogP contribution >= 0.6 is 0 Å².